The molecular formula is C25H20ClFN2O2. The molecule has 0 bridgehead atoms. The van der Waals surface area contributed by atoms with Crippen LogP contribution >= 0.6 is 11.6 Å². The van der Waals surface area contributed by atoms with Crippen molar-refractivity contribution in [2.24, 2.45) is 0 Å². The molecule has 0 aromatic heterocycles. The van der Waals surface area contributed by atoms with Gasteiger partial charge in [-0.3, -0.25) is 9.59 Å². The van der Waals surface area contributed by atoms with E-state index in [0.717, 1.165) is 16.5 Å². The van der Waals surface area contributed by atoms with Gasteiger partial charge in [0, 0.05) is 13.1 Å². The Kier molecular flexibility index (Phi) is 5.87. The number of carbonyl (C=O) groups is 2. The Bertz CT molecular complexity index is 1160. The van der Waals surface area contributed by atoms with E-state index >= 15 is 0 Å². The van der Waals surface area contributed by atoms with Crippen molar-refractivity contribution < 1.29 is 14.0 Å². The normalized spacial score (nSPS) is 13.8. The molecule has 0 saturated carbocycles. The molecule has 0 aliphatic carbocycles. The number of amides is 2. The first kappa shape index (κ1) is 20.8. The van der Waals surface area contributed by atoms with Gasteiger partial charge in [0.25, 0.3) is 11.8 Å². The van der Waals surface area contributed by atoms with Crippen LogP contribution in [0.2, 0.25) is 5.02 Å². The largest absolute Gasteiger partial charge is 0.362 e. The summed E-state index contributed by atoms with van der Waals surface area (Å²) in [6.07, 6.45) is 0. The minimum absolute atomic E-state index is 0.149. The molecule has 1 heterocycles. The Hall–Kier alpha value is -3.44. The average Bonchev–Trinajstić information content (AvgIpc) is 3.05. The number of hydrogen-bond acceptors (Lipinski definition) is 3. The van der Waals surface area contributed by atoms with E-state index < -0.39 is 17.6 Å². The lowest BCUT2D eigenvalue weighted by Crippen LogP contribution is -2.35. The van der Waals surface area contributed by atoms with E-state index in [1.165, 1.54) is 12.1 Å². The van der Waals surface area contributed by atoms with Crippen LogP contribution in [-0.4, -0.2) is 23.3 Å². The van der Waals surface area contributed by atoms with E-state index in [1.54, 1.807) is 12.1 Å². The molecule has 0 fully saturated rings. The molecule has 0 saturated heterocycles. The molecule has 31 heavy (non-hydrogen) atoms. The molecule has 0 spiro atoms. The minimum atomic E-state index is -0.611. The van der Waals surface area contributed by atoms with Crippen LogP contribution in [0, 0.1) is 5.82 Å². The van der Waals surface area contributed by atoms with Gasteiger partial charge in [-0.15, -0.1) is 0 Å². The molecule has 2 amide bonds. The molecule has 4 nitrogen and oxygen atoms in total. The second kappa shape index (κ2) is 8.74. The predicted octanol–water partition coefficient (Wildman–Crippen LogP) is 5.29. The molecule has 0 N–H and O–H groups in total. The number of imide groups is 1. The molecule has 156 valence electrons. The van der Waals surface area contributed by atoms with Gasteiger partial charge in [0.1, 0.15) is 11.5 Å². The van der Waals surface area contributed by atoms with Gasteiger partial charge < -0.3 is 4.90 Å². The first-order chi connectivity index (χ1) is 15.0. The maximum Gasteiger partial charge on any atom is 0.282 e. The summed E-state index contributed by atoms with van der Waals surface area (Å²) >= 11 is 5.93. The van der Waals surface area contributed by atoms with Gasteiger partial charge in [-0.2, -0.15) is 0 Å². The van der Waals surface area contributed by atoms with Crippen LogP contribution in [0.15, 0.2) is 84.6 Å². The van der Waals surface area contributed by atoms with Crippen molar-refractivity contribution >= 4 is 34.7 Å². The number of rotatable bonds is 6. The number of benzene rings is 3. The lowest BCUT2D eigenvalue weighted by molar-refractivity contribution is -0.120. The Morgan fingerprint density at radius 2 is 1.55 bits per heavy atom. The standard InChI is InChI=1S/C25H20ClFN2O2/c1-2-28(16-17-9-5-3-6-10-17)23-22(18-11-7-4-8-12-18)24(30)29(25(23)31)19-13-14-21(27)20(26)15-19/h3-15H,2,16H2,1H3. The summed E-state index contributed by atoms with van der Waals surface area (Å²) in [5.74, 6) is -1.52. The molecular weight excluding hydrogens is 415 g/mol. The van der Waals surface area contributed by atoms with Gasteiger partial charge in [0.2, 0.25) is 0 Å². The summed E-state index contributed by atoms with van der Waals surface area (Å²) in [6.45, 7) is 2.94. The van der Waals surface area contributed by atoms with Crippen LogP contribution in [0.4, 0.5) is 10.1 Å². The molecule has 3 aromatic rings. The van der Waals surface area contributed by atoms with E-state index in [4.69, 9.17) is 11.6 Å². The lowest BCUT2D eigenvalue weighted by atomic mass is 10.0. The Morgan fingerprint density at radius 1 is 0.903 bits per heavy atom. The van der Waals surface area contributed by atoms with Crippen molar-refractivity contribution in [1.82, 2.24) is 4.90 Å². The smallest absolute Gasteiger partial charge is 0.282 e. The average molecular weight is 435 g/mol. The summed E-state index contributed by atoms with van der Waals surface area (Å²) in [5, 5.41) is -0.149. The number of nitrogens with zero attached hydrogens (tertiary/aromatic N) is 2. The third-order valence-corrected chi connectivity index (χ3v) is 5.49. The molecule has 3 aromatic carbocycles. The zero-order valence-corrected chi connectivity index (χ0v) is 17.6. The van der Waals surface area contributed by atoms with E-state index in [-0.39, 0.29) is 10.7 Å². The van der Waals surface area contributed by atoms with E-state index in [9.17, 15) is 14.0 Å². The van der Waals surface area contributed by atoms with Gasteiger partial charge >= 0.3 is 0 Å². The van der Waals surface area contributed by atoms with Gasteiger partial charge in [-0.25, -0.2) is 9.29 Å². The second-order valence-corrected chi connectivity index (χ2v) is 7.54. The molecule has 0 atom stereocenters. The van der Waals surface area contributed by atoms with Crippen LogP contribution in [0.3, 0.4) is 0 Å². The zero-order valence-electron chi connectivity index (χ0n) is 16.9. The van der Waals surface area contributed by atoms with Crippen molar-refractivity contribution in [3.05, 3.63) is 107 Å². The summed E-state index contributed by atoms with van der Waals surface area (Å²) in [7, 11) is 0. The highest BCUT2D eigenvalue weighted by Crippen LogP contribution is 2.36. The van der Waals surface area contributed by atoms with Gasteiger partial charge in [-0.05, 0) is 36.2 Å². The third-order valence-electron chi connectivity index (χ3n) is 5.20. The highest BCUT2D eigenvalue weighted by atomic mass is 35.5. The molecule has 1 aliphatic rings. The second-order valence-electron chi connectivity index (χ2n) is 7.13. The van der Waals surface area contributed by atoms with Crippen molar-refractivity contribution in [2.75, 3.05) is 11.4 Å². The molecule has 0 unspecified atom stereocenters. The Balaban J connectivity index is 1.82. The number of hydrogen-bond donors (Lipinski definition) is 0. The van der Waals surface area contributed by atoms with Crippen molar-refractivity contribution in [2.45, 2.75) is 13.5 Å². The highest BCUT2D eigenvalue weighted by Gasteiger charge is 2.42. The van der Waals surface area contributed by atoms with E-state index in [0.29, 0.717) is 29.9 Å². The zero-order chi connectivity index (χ0) is 22.0. The SMILES string of the molecule is CCN(Cc1ccccc1)C1=C(c2ccccc2)C(=O)N(c2ccc(F)c(Cl)c2)C1=O. The number of halogens is 2. The molecule has 0 radical (unpaired) electrons. The lowest BCUT2D eigenvalue weighted by Gasteiger charge is -2.25. The Morgan fingerprint density at radius 3 is 2.16 bits per heavy atom. The summed E-state index contributed by atoms with van der Waals surface area (Å²) < 4.78 is 13.7. The number of carbonyl (C=O) groups excluding carboxylic acids is 2. The molecule has 6 heteroatoms. The fourth-order valence-corrected chi connectivity index (χ4v) is 3.86. The predicted molar refractivity (Wildman–Crippen MR) is 120 cm³/mol. The van der Waals surface area contributed by atoms with Crippen molar-refractivity contribution in [3.63, 3.8) is 0 Å². The minimum Gasteiger partial charge on any atom is -0.362 e. The number of anilines is 1. The van der Waals surface area contributed by atoms with Crippen LogP contribution in [-0.2, 0) is 16.1 Å². The van der Waals surface area contributed by atoms with Crippen LogP contribution < -0.4 is 4.90 Å². The van der Waals surface area contributed by atoms with Crippen molar-refractivity contribution in [1.29, 1.82) is 0 Å². The molecule has 4 rings (SSSR count). The fraction of sp³-hybridized carbons (Fsp3) is 0.120. The summed E-state index contributed by atoms with van der Waals surface area (Å²) in [6, 6.07) is 22.7. The fourth-order valence-electron chi connectivity index (χ4n) is 3.69. The maximum absolute atomic E-state index is 13.7. The van der Waals surface area contributed by atoms with Crippen LogP contribution in [0.1, 0.15) is 18.1 Å². The maximum atomic E-state index is 13.7. The first-order valence-electron chi connectivity index (χ1n) is 9.93. The topological polar surface area (TPSA) is 40.6 Å². The monoisotopic (exact) mass is 434 g/mol. The van der Waals surface area contributed by atoms with Crippen LogP contribution in [0.25, 0.3) is 5.57 Å². The number of likely N-dealkylation sites (N-methyl/N-ethyl adjacent to an activating group) is 1. The quantitative estimate of drug-likeness (QED) is 0.495. The van der Waals surface area contributed by atoms with Gasteiger partial charge in [0.05, 0.1) is 16.3 Å². The molecule has 1 aliphatic heterocycles. The summed E-state index contributed by atoms with van der Waals surface area (Å²) in [5.41, 5.74) is 2.55. The third kappa shape index (κ3) is 3.97. The highest BCUT2D eigenvalue weighted by molar-refractivity contribution is 6.45. The Labute approximate surface area is 185 Å². The van der Waals surface area contributed by atoms with Gasteiger partial charge in [0.15, 0.2) is 0 Å². The van der Waals surface area contributed by atoms with Gasteiger partial charge in [-0.1, -0.05) is 72.3 Å². The summed E-state index contributed by atoms with van der Waals surface area (Å²) in [4.78, 5) is 30.0. The first-order valence-corrected chi connectivity index (χ1v) is 10.3. The van der Waals surface area contributed by atoms with Crippen LogP contribution in [0.5, 0.6) is 0 Å². The van der Waals surface area contributed by atoms with E-state index in [2.05, 4.69) is 0 Å². The van der Waals surface area contributed by atoms with Crippen molar-refractivity contribution in [3.8, 4) is 0 Å². The van der Waals surface area contributed by atoms with E-state index in [1.807, 2.05) is 60.4 Å².